The first kappa shape index (κ1) is 21.2. The number of nitrogens with one attached hydrogen (secondary N) is 2. The topological polar surface area (TPSA) is 49.3 Å². The first-order valence-corrected chi connectivity index (χ1v) is 9.97. The minimum atomic E-state index is 0. The van der Waals surface area contributed by atoms with Crippen LogP contribution in [0.5, 0.6) is 0 Å². The molecule has 1 heterocycles. The molecule has 1 fully saturated rings. The van der Waals surface area contributed by atoms with Crippen LogP contribution >= 0.6 is 35.3 Å². The molecular formula is C20H29IN4S. The van der Waals surface area contributed by atoms with Crippen molar-refractivity contribution in [1.82, 2.24) is 15.6 Å². The molecule has 4 nitrogen and oxygen atoms in total. The smallest absolute Gasteiger partial charge is 0.191 e. The fourth-order valence-electron chi connectivity index (χ4n) is 3.53. The number of hydrogen-bond donors (Lipinski definition) is 2. The number of hydrogen-bond acceptors (Lipinski definition) is 3. The highest BCUT2D eigenvalue weighted by atomic mass is 127. The van der Waals surface area contributed by atoms with E-state index in [-0.39, 0.29) is 24.0 Å². The fraction of sp³-hybridized carbons (Fsp3) is 0.500. The highest BCUT2D eigenvalue weighted by Crippen LogP contribution is 2.35. The van der Waals surface area contributed by atoms with Gasteiger partial charge in [0.25, 0.3) is 0 Å². The third-order valence-corrected chi connectivity index (χ3v) is 5.89. The van der Waals surface area contributed by atoms with Crippen molar-refractivity contribution in [1.29, 1.82) is 0 Å². The van der Waals surface area contributed by atoms with E-state index in [9.17, 15) is 0 Å². The molecule has 1 aromatic carbocycles. The third-order valence-electron chi connectivity index (χ3n) is 4.98. The Morgan fingerprint density at radius 2 is 1.88 bits per heavy atom. The number of benzene rings is 1. The highest BCUT2D eigenvalue weighted by molar-refractivity contribution is 14.0. The second kappa shape index (κ2) is 10.9. The van der Waals surface area contributed by atoms with Crippen molar-refractivity contribution in [3.8, 4) is 0 Å². The van der Waals surface area contributed by atoms with Crippen molar-refractivity contribution in [2.45, 2.75) is 45.1 Å². The number of aryl methyl sites for hydroxylation is 1. The Labute approximate surface area is 177 Å². The summed E-state index contributed by atoms with van der Waals surface area (Å²) in [6, 6.07) is 11.0. The average molecular weight is 484 g/mol. The minimum Gasteiger partial charge on any atom is -0.356 e. The van der Waals surface area contributed by atoms with Crippen LogP contribution in [0.15, 0.2) is 41.5 Å². The van der Waals surface area contributed by atoms with E-state index in [2.05, 4.69) is 57.9 Å². The number of aromatic nitrogens is 1. The van der Waals surface area contributed by atoms with Crippen molar-refractivity contribution in [2.24, 2.45) is 10.9 Å². The molecule has 3 rings (SSSR count). The molecule has 0 bridgehead atoms. The van der Waals surface area contributed by atoms with Crippen molar-refractivity contribution in [3.05, 3.63) is 52.0 Å². The minimum absolute atomic E-state index is 0. The lowest BCUT2D eigenvalue weighted by molar-refractivity contribution is 0.324. The van der Waals surface area contributed by atoms with Crippen LogP contribution in [-0.2, 0) is 6.54 Å². The van der Waals surface area contributed by atoms with Crippen LogP contribution in [0, 0.1) is 12.8 Å². The molecule has 1 aliphatic rings. The van der Waals surface area contributed by atoms with E-state index in [0.29, 0.717) is 0 Å². The van der Waals surface area contributed by atoms with Gasteiger partial charge in [-0.1, -0.05) is 30.3 Å². The largest absolute Gasteiger partial charge is 0.356 e. The van der Waals surface area contributed by atoms with E-state index in [0.717, 1.165) is 35.9 Å². The SMILES string of the molecule is CN=C(NCc1ncc(C)s1)NCC1CCC(c2ccccc2)CC1.I. The first-order valence-electron chi connectivity index (χ1n) is 9.15. The zero-order chi connectivity index (χ0) is 17.5. The molecule has 6 heteroatoms. The van der Waals surface area contributed by atoms with Gasteiger partial charge in [0, 0.05) is 24.7 Å². The molecule has 142 valence electrons. The molecule has 1 saturated carbocycles. The van der Waals surface area contributed by atoms with Crippen LogP contribution in [0.25, 0.3) is 0 Å². The lowest BCUT2D eigenvalue weighted by Gasteiger charge is -2.29. The maximum Gasteiger partial charge on any atom is 0.191 e. The van der Waals surface area contributed by atoms with E-state index >= 15 is 0 Å². The molecule has 26 heavy (non-hydrogen) atoms. The average Bonchev–Trinajstić information content (AvgIpc) is 3.08. The Morgan fingerprint density at radius 3 is 2.50 bits per heavy atom. The molecule has 1 aromatic heterocycles. The summed E-state index contributed by atoms with van der Waals surface area (Å²) < 4.78 is 0. The van der Waals surface area contributed by atoms with E-state index in [1.807, 2.05) is 13.2 Å². The summed E-state index contributed by atoms with van der Waals surface area (Å²) >= 11 is 1.73. The standard InChI is InChI=1S/C20H28N4S.HI/c1-15-12-22-19(25-15)14-24-20(21-2)23-13-16-8-10-18(11-9-16)17-6-4-3-5-7-17;/h3-7,12,16,18H,8-11,13-14H2,1-2H3,(H2,21,23,24);1H. The number of halogens is 1. The number of guanidine groups is 1. The van der Waals surface area contributed by atoms with Crippen molar-refractivity contribution < 1.29 is 0 Å². The van der Waals surface area contributed by atoms with Gasteiger partial charge in [0.15, 0.2) is 5.96 Å². The van der Waals surface area contributed by atoms with Crippen LogP contribution in [0.4, 0.5) is 0 Å². The van der Waals surface area contributed by atoms with Crippen LogP contribution in [-0.4, -0.2) is 24.5 Å². The summed E-state index contributed by atoms with van der Waals surface area (Å²) in [5, 5.41) is 7.95. The normalized spacial score (nSPS) is 20.3. The molecule has 0 amide bonds. The van der Waals surface area contributed by atoms with Gasteiger partial charge in [0.2, 0.25) is 0 Å². The molecule has 0 spiro atoms. The predicted molar refractivity (Wildman–Crippen MR) is 122 cm³/mol. The van der Waals surface area contributed by atoms with Gasteiger partial charge in [-0.05, 0) is 50.0 Å². The van der Waals surface area contributed by atoms with Crippen molar-refractivity contribution in [2.75, 3.05) is 13.6 Å². The maximum absolute atomic E-state index is 4.38. The first-order chi connectivity index (χ1) is 12.2. The monoisotopic (exact) mass is 484 g/mol. The van der Waals surface area contributed by atoms with E-state index in [4.69, 9.17) is 0 Å². The van der Waals surface area contributed by atoms with Gasteiger partial charge >= 0.3 is 0 Å². The van der Waals surface area contributed by atoms with Gasteiger partial charge in [-0.15, -0.1) is 35.3 Å². The number of aliphatic imine (C=N–C) groups is 1. The van der Waals surface area contributed by atoms with Crippen molar-refractivity contribution in [3.63, 3.8) is 0 Å². The molecule has 1 aliphatic carbocycles. The summed E-state index contributed by atoms with van der Waals surface area (Å²) in [5.74, 6) is 2.35. The van der Waals surface area contributed by atoms with Crippen LogP contribution in [0.1, 0.15) is 47.0 Å². The lowest BCUT2D eigenvalue weighted by Crippen LogP contribution is -2.40. The summed E-state index contributed by atoms with van der Waals surface area (Å²) in [4.78, 5) is 9.96. The summed E-state index contributed by atoms with van der Waals surface area (Å²) in [6.45, 7) is 3.82. The molecular weight excluding hydrogens is 455 g/mol. The van der Waals surface area contributed by atoms with Gasteiger partial charge in [0.1, 0.15) is 5.01 Å². The summed E-state index contributed by atoms with van der Waals surface area (Å²) in [7, 11) is 1.83. The van der Waals surface area contributed by atoms with Gasteiger partial charge < -0.3 is 10.6 Å². The second-order valence-electron chi connectivity index (χ2n) is 6.80. The number of nitrogens with zero attached hydrogens (tertiary/aromatic N) is 2. The van der Waals surface area contributed by atoms with Gasteiger partial charge in [0.05, 0.1) is 6.54 Å². The summed E-state index contributed by atoms with van der Waals surface area (Å²) in [5.41, 5.74) is 1.50. The van der Waals surface area contributed by atoms with Gasteiger partial charge in [-0.2, -0.15) is 0 Å². The Bertz CT molecular complexity index is 678. The quantitative estimate of drug-likeness (QED) is 0.367. The fourth-order valence-corrected chi connectivity index (χ4v) is 4.26. The molecule has 0 radical (unpaired) electrons. The number of thiazole rings is 1. The number of rotatable bonds is 5. The Hall–Kier alpha value is -1.15. The summed E-state index contributed by atoms with van der Waals surface area (Å²) in [6.07, 6.45) is 7.08. The van der Waals surface area contributed by atoms with Crippen LogP contribution in [0.2, 0.25) is 0 Å². The third kappa shape index (κ3) is 6.23. The Balaban J connectivity index is 0.00000243. The van der Waals surface area contributed by atoms with E-state index < -0.39 is 0 Å². The lowest BCUT2D eigenvalue weighted by atomic mass is 9.79. The van der Waals surface area contributed by atoms with E-state index in [1.54, 1.807) is 11.3 Å². The van der Waals surface area contributed by atoms with Crippen LogP contribution < -0.4 is 10.6 Å². The molecule has 2 aromatic rings. The molecule has 0 atom stereocenters. The van der Waals surface area contributed by atoms with Crippen LogP contribution in [0.3, 0.4) is 0 Å². The Kier molecular flexibility index (Phi) is 8.84. The van der Waals surface area contributed by atoms with Crippen molar-refractivity contribution >= 4 is 41.3 Å². The van der Waals surface area contributed by atoms with E-state index in [1.165, 1.54) is 36.1 Å². The predicted octanol–water partition coefficient (Wildman–Crippen LogP) is 4.71. The molecule has 0 aliphatic heterocycles. The zero-order valence-electron chi connectivity index (χ0n) is 15.6. The second-order valence-corrected chi connectivity index (χ2v) is 8.12. The molecule has 0 unspecified atom stereocenters. The maximum atomic E-state index is 4.38. The zero-order valence-corrected chi connectivity index (χ0v) is 18.7. The molecule has 2 N–H and O–H groups in total. The van der Waals surface area contributed by atoms with Gasteiger partial charge in [-0.25, -0.2) is 4.98 Å². The highest BCUT2D eigenvalue weighted by Gasteiger charge is 2.22. The Morgan fingerprint density at radius 1 is 1.15 bits per heavy atom. The molecule has 0 saturated heterocycles. The van der Waals surface area contributed by atoms with Gasteiger partial charge in [-0.3, -0.25) is 4.99 Å².